The summed E-state index contributed by atoms with van der Waals surface area (Å²) in [5, 5.41) is 7.14. The van der Waals surface area contributed by atoms with Crippen LogP contribution in [0.15, 0.2) is 108 Å². The lowest BCUT2D eigenvalue weighted by Gasteiger charge is -2.08. The van der Waals surface area contributed by atoms with Crippen molar-refractivity contribution in [3.05, 3.63) is 103 Å². The average molecular weight is 492 g/mol. The van der Waals surface area contributed by atoms with Crippen LogP contribution in [0.4, 0.5) is 0 Å². The molecule has 4 heterocycles. The lowest BCUT2D eigenvalue weighted by Crippen LogP contribution is -1.93. The molecule has 0 saturated heterocycles. The van der Waals surface area contributed by atoms with E-state index < -0.39 is 0 Å². The lowest BCUT2D eigenvalue weighted by molar-refractivity contribution is 0.671. The summed E-state index contributed by atoms with van der Waals surface area (Å²) in [7, 11) is 0. The van der Waals surface area contributed by atoms with E-state index >= 15 is 0 Å². The number of para-hydroxylation sites is 1. The molecule has 9 rings (SSSR count). The van der Waals surface area contributed by atoms with E-state index in [1.165, 1.54) is 36.5 Å². The highest BCUT2D eigenvalue weighted by molar-refractivity contribution is 7.25. The molecule has 0 radical (unpaired) electrons. The third kappa shape index (κ3) is 2.56. The molecular weight excluding hydrogens is 474 g/mol. The molecule has 9 aromatic rings. The molecule has 0 bridgehead atoms. The average Bonchev–Trinajstić information content (AvgIpc) is 3.60. The minimum atomic E-state index is 0.826. The van der Waals surface area contributed by atoms with Gasteiger partial charge in [0.2, 0.25) is 0 Å². The number of fused-ring (bicyclic) bond motifs is 11. The van der Waals surface area contributed by atoms with Crippen molar-refractivity contribution in [1.82, 2.24) is 14.5 Å². The molecule has 37 heavy (non-hydrogen) atoms. The highest BCUT2D eigenvalue weighted by Crippen LogP contribution is 2.42. The Balaban J connectivity index is 1.44. The van der Waals surface area contributed by atoms with Crippen molar-refractivity contribution >= 4 is 86.3 Å². The summed E-state index contributed by atoms with van der Waals surface area (Å²) in [5.41, 5.74) is 6.80. The first-order chi connectivity index (χ1) is 18.3. The van der Waals surface area contributed by atoms with Crippen LogP contribution in [0.2, 0.25) is 0 Å². The van der Waals surface area contributed by atoms with Gasteiger partial charge in [0, 0.05) is 65.9 Å². The van der Waals surface area contributed by atoms with Gasteiger partial charge in [0.05, 0.1) is 22.1 Å². The molecule has 0 aliphatic carbocycles. The van der Waals surface area contributed by atoms with Crippen LogP contribution >= 0.6 is 11.3 Å². The van der Waals surface area contributed by atoms with E-state index in [1.807, 2.05) is 17.4 Å². The maximum atomic E-state index is 6.62. The monoisotopic (exact) mass is 491 g/mol. The third-order valence-electron chi connectivity index (χ3n) is 7.48. The zero-order chi connectivity index (χ0) is 24.1. The highest BCUT2D eigenvalue weighted by atomic mass is 32.1. The number of aromatic nitrogens is 3. The Morgan fingerprint density at radius 2 is 1.32 bits per heavy atom. The third-order valence-corrected chi connectivity index (χ3v) is 8.62. The van der Waals surface area contributed by atoms with Crippen LogP contribution < -0.4 is 0 Å². The van der Waals surface area contributed by atoms with E-state index in [2.05, 4.69) is 99.5 Å². The predicted molar refractivity (Wildman–Crippen MR) is 154 cm³/mol. The topological polar surface area (TPSA) is 43.9 Å². The lowest BCUT2D eigenvalue weighted by atomic mass is 10.1. The van der Waals surface area contributed by atoms with Crippen molar-refractivity contribution < 1.29 is 4.42 Å². The Morgan fingerprint density at radius 1 is 0.595 bits per heavy atom. The molecule has 0 atom stereocenters. The molecule has 0 spiro atoms. The zero-order valence-electron chi connectivity index (χ0n) is 19.5. The Labute approximate surface area is 214 Å². The smallest absolute Gasteiger partial charge is 0.160 e. The van der Waals surface area contributed by atoms with Crippen LogP contribution in [0, 0.1) is 0 Å². The molecule has 0 fully saturated rings. The molecule has 0 aliphatic heterocycles. The van der Waals surface area contributed by atoms with Gasteiger partial charge < -0.3 is 8.98 Å². The maximum Gasteiger partial charge on any atom is 0.160 e. The van der Waals surface area contributed by atoms with Crippen molar-refractivity contribution in [2.45, 2.75) is 0 Å². The summed E-state index contributed by atoms with van der Waals surface area (Å²) in [4.78, 5) is 9.00. The van der Waals surface area contributed by atoms with Crippen molar-refractivity contribution in [3.8, 4) is 5.69 Å². The second kappa shape index (κ2) is 6.93. The first-order valence-corrected chi connectivity index (χ1v) is 13.1. The van der Waals surface area contributed by atoms with E-state index in [4.69, 9.17) is 4.42 Å². The number of furan rings is 1. The number of benzene rings is 5. The van der Waals surface area contributed by atoms with Gasteiger partial charge in [-0.1, -0.05) is 48.5 Å². The summed E-state index contributed by atoms with van der Waals surface area (Å²) in [6, 6.07) is 32.5. The van der Waals surface area contributed by atoms with Gasteiger partial charge in [0.1, 0.15) is 5.58 Å². The van der Waals surface area contributed by atoms with Crippen LogP contribution in [0.1, 0.15) is 0 Å². The fourth-order valence-corrected chi connectivity index (χ4v) is 7.00. The fraction of sp³-hybridized carbons (Fsp3) is 0. The van der Waals surface area contributed by atoms with Crippen molar-refractivity contribution in [3.63, 3.8) is 0 Å². The minimum absolute atomic E-state index is 0.826. The first-order valence-electron chi connectivity index (χ1n) is 12.2. The van der Waals surface area contributed by atoms with Crippen molar-refractivity contribution in [2.24, 2.45) is 0 Å². The van der Waals surface area contributed by atoms with E-state index in [9.17, 15) is 0 Å². The van der Waals surface area contributed by atoms with Gasteiger partial charge in [-0.2, -0.15) is 0 Å². The SMILES string of the molecule is c1ccc2c(c1)sc1cc(-n3c4ccccc4c4ccc5c6cc7nccnc7cc6oc5c43)ccc12. The number of thiophene rings is 1. The van der Waals surface area contributed by atoms with Gasteiger partial charge in [-0.25, -0.2) is 0 Å². The van der Waals surface area contributed by atoms with E-state index in [-0.39, 0.29) is 0 Å². The summed E-state index contributed by atoms with van der Waals surface area (Å²) in [6.45, 7) is 0. The number of rotatable bonds is 1. The second-order valence-corrected chi connectivity index (χ2v) is 10.5. The summed E-state index contributed by atoms with van der Waals surface area (Å²) in [6.07, 6.45) is 3.45. The van der Waals surface area contributed by atoms with Crippen LogP contribution in [-0.4, -0.2) is 14.5 Å². The fourth-order valence-electron chi connectivity index (χ4n) is 5.86. The highest BCUT2D eigenvalue weighted by Gasteiger charge is 2.20. The van der Waals surface area contributed by atoms with Gasteiger partial charge in [0.25, 0.3) is 0 Å². The number of hydrogen-bond acceptors (Lipinski definition) is 4. The quantitative estimate of drug-likeness (QED) is 0.230. The second-order valence-electron chi connectivity index (χ2n) is 9.47. The van der Waals surface area contributed by atoms with Crippen LogP contribution in [0.25, 0.3) is 80.6 Å². The molecule has 0 saturated carbocycles. The van der Waals surface area contributed by atoms with Crippen molar-refractivity contribution in [1.29, 1.82) is 0 Å². The molecule has 0 amide bonds. The summed E-state index contributed by atoms with van der Waals surface area (Å²) < 4.78 is 11.6. The van der Waals surface area contributed by atoms with Crippen molar-refractivity contribution in [2.75, 3.05) is 0 Å². The molecule has 172 valence electrons. The van der Waals surface area contributed by atoms with Gasteiger partial charge in [-0.3, -0.25) is 9.97 Å². The molecule has 0 aliphatic rings. The van der Waals surface area contributed by atoms with Gasteiger partial charge in [-0.05, 0) is 36.4 Å². The normalized spacial score (nSPS) is 12.3. The van der Waals surface area contributed by atoms with Gasteiger partial charge >= 0.3 is 0 Å². The van der Waals surface area contributed by atoms with E-state index in [0.29, 0.717) is 0 Å². The first kappa shape index (κ1) is 19.4. The Hall–Kier alpha value is -4.74. The molecule has 5 heteroatoms. The van der Waals surface area contributed by atoms with Crippen LogP contribution in [-0.2, 0) is 0 Å². The van der Waals surface area contributed by atoms with Gasteiger partial charge in [0.15, 0.2) is 5.58 Å². The summed E-state index contributed by atoms with van der Waals surface area (Å²) in [5.74, 6) is 0. The van der Waals surface area contributed by atoms with E-state index in [1.54, 1.807) is 12.4 Å². The summed E-state index contributed by atoms with van der Waals surface area (Å²) >= 11 is 1.84. The predicted octanol–water partition coefficient (Wildman–Crippen LogP) is 8.99. The zero-order valence-corrected chi connectivity index (χ0v) is 20.3. The minimum Gasteiger partial charge on any atom is -0.454 e. The molecule has 5 aromatic carbocycles. The van der Waals surface area contributed by atoms with Crippen LogP contribution in [0.3, 0.4) is 0 Å². The Bertz CT molecular complexity index is 2370. The molecule has 0 N–H and O–H groups in total. The van der Waals surface area contributed by atoms with Crippen LogP contribution in [0.5, 0.6) is 0 Å². The standard InChI is InChI=1S/C32H17N3OS/c1-3-7-27-19(5-1)22-11-12-23-24-16-25-26(34-14-13-33-25)17-28(24)36-32(23)31(22)35(27)18-9-10-21-20-6-2-4-8-29(20)37-30(21)15-18/h1-17H. The molecule has 0 unspecified atom stereocenters. The maximum absolute atomic E-state index is 6.62. The van der Waals surface area contributed by atoms with Gasteiger partial charge in [-0.15, -0.1) is 11.3 Å². The molecule has 4 nitrogen and oxygen atoms in total. The Kier molecular flexibility index (Phi) is 3.64. The van der Waals surface area contributed by atoms with E-state index in [0.717, 1.165) is 44.2 Å². The number of nitrogens with zero attached hydrogens (tertiary/aromatic N) is 3. The Morgan fingerprint density at radius 3 is 2.24 bits per heavy atom. The molecular formula is C32H17N3OS. The largest absolute Gasteiger partial charge is 0.454 e. The molecule has 4 aromatic heterocycles. The number of hydrogen-bond donors (Lipinski definition) is 0.